The topological polar surface area (TPSA) is 62.6 Å². The summed E-state index contributed by atoms with van der Waals surface area (Å²) in [7, 11) is 0. The first-order valence-electron chi connectivity index (χ1n) is 7.61. The SMILES string of the molecule is Cc1ccccc1NC(=O)[C@H]1CSCN1C(=O)/C=C/c1ccco1. The zero-order valence-corrected chi connectivity index (χ0v) is 14.1. The minimum absolute atomic E-state index is 0.158. The zero-order valence-electron chi connectivity index (χ0n) is 13.3. The first-order chi connectivity index (χ1) is 11.6. The van der Waals surface area contributed by atoms with E-state index in [2.05, 4.69) is 5.32 Å². The van der Waals surface area contributed by atoms with Gasteiger partial charge in [-0.05, 0) is 36.8 Å². The van der Waals surface area contributed by atoms with Crippen molar-refractivity contribution < 1.29 is 14.0 Å². The van der Waals surface area contributed by atoms with Crippen LogP contribution < -0.4 is 5.32 Å². The van der Waals surface area contributed by atoms with E-state index >= 15 is 0 Å². The van der Waals surface area contributed by atoms with E-state index in [9.17, 15) is 9.59 Å². The third-order valence-electron chi connectivity index (χ3n) is 3.80. The molecule has 1 aromatic heterocycles. The largest absolute Gasteiger partial charge is 0.465 e. The number of nitrogens with zero attached hydrogens (tertiary/aromatic N) is 1. The van der Waals surface area contributed by atoms with Crippen LogP contribution in [0.3, 0.4) is 0 Å². The molecular weight excluding hydrogens is 324 g/mol. The molecule has 2 amide bonds. The molecule has 1 fully saturated rings. The summed E-state index contributed by atoms with van der Waals surface area (Å²) in [6.45, 7) is 1.94. The molecule has 0 bridgehead atoms. The zero-order chi connectivity index (χ0) is 16.9. The Morgan fingerprint density at radius 3 is 2.88 bits per heavy atom. The van der Waals surface area contributed by atoms with Crippen LogP contribution in [0.25, 0.3) is 6.08 Å². The summed E-state index contributed by atoms with van der Waals surface area (Å²) in [4.78, 5) is 26.5. The lowest BCUT2D eigenvalue weighted by Crippen LogP contribution is -2.44. The molecule has 1 aromatic carbocycles. The lowest BCUT2D eigenvalue weighted by Gasteiger charge is -2.22. The Bertz CT molecular complexity index is 755. The maximum absolute atomic E-state index is 12.6. The summed E-state index contributed by atoms with van der Waals surface area (Å²) in [5.41, 5.74) is 1.77. The van der Waals surface area contributed by atoms with Gasteiger partial charge in [0.05, 0.1) is 12.1 Å². The minimum Gasteiger partial charge on any atom is -0.465 e. The van der Waals surface area contributed by atoms with Crippen LogP contribution in [0, 0.1) is 6.92 Å². The molecule has 0 saturated carbocycles. The molecule has 0 radical (unpaired) electrons. The van der Waals surface area contributed by atoms with Gasteiger partial charge in [-0.2, -0.15) is 0 Å². The van der Waals surface area contributed by atoms with Crippen LogP contribution in [0.1, 0.15) is 11.3 Å². The number of aryl methyl sites for hydroxylation is 1. The van der Waals surface area contributed by atoms with Crippen LogP contribution in [0.15, 0.2) is 53.2 Å². The van der Waals surface area contributed by atoms with Crippen molar-refractivity contribution >= 4 is 35.3 Å². The predicted molar refractivity (Wildman–Crippen MR) is 95.5 cm³/mol. The van der Waals surface area contributed by atoms with Crippen molar-refractivity contribution in [3.8, 4) is 0 Å². The van der Waals surface area contributed by atoms with E-state index in [1.165, 1.54) is 6.08 Å². The number of thioether (sulfide) groups is 1. The van der Waals surface area contributed by atoms with Crippen LogP contribution in [-0.4, -0.2) is 34.4 Å². The molecule has 3 rings (SSSR count). The van der Waals surface area contributed by atoms with E-state index < -0.39 is 6.04 Å². The molecule has 2 heterocycles. The van der Waals surface area contributed by atoms with Crippen molar-refractivity contribution in [3.63, 3.8) is 0 Å². The van der Waals surface area contributed by atoms with Crippen LogP contribution in [0.5, 0.6) is 0 Å². The number of hydrogen-bond acceptors (Lipinski definition) is 4. The normalized spacial score (nSPS) is 17.4. The summed E-state index contributed by atoms with van der Waals surface area (Å²) >= 11 is 1.57. The number of carbonyl (C=O) groups is 2. The number of nitrogens with one attached hydrogen (secondary N) is 1. The Hall–Kier alpha value is -2.47. The number of benzene rings is 1. The smallest absolute Gasteiger partial charge is 0.248 e. The van der Waals surface area contributed by atoms with E-state index in [1.54, 1.807) is 41.1 Å². The van der Waals surface area contributed by atoms with Gasteiger partial charge >= 0.3 is 0 Å². The van der Waals surface area contributed by atoms with Crippen LogP contribution in [-0.2, 0) is 9.59 Å². The first-order valence-corrected chi connectivity index (χ1v) is 8.77. The Labute approximate surface area is 144 Å². The Kier molecular flexibility index (Phi) is 5.05. The monoisotopic (exact) mass is 342 g/mol. The second-order valence-electron chi connectivity index (χ2n) is 5.48. The predicted octanol–water partition coefficient (Wildman–Crippen LogP) is 3.14. The van der Waals surface area contributed by atoms with Crippen molar-refractivity contribution in [3.05, 3.63) is 60.1 Å². The molecule has 0 aliphatic carbocycles. The standard InChI is InChI=1S/C18H18N2O3S/c1-13-5-2-3-7-15(13)19-18(22)16-11-24-12-20(16)17(21)9-8-14-6-4-10-23-14/h2-10,16H,11-12H2,1H3,(H,19,22)/b9-8+/t16-/m1/s1. The highest BCUT2D eigenvalue weighted by Gasteiger charge is 2.33. The van der Waals surface area contributed by atoms with Crippen LogP contribution in [0.2, 0.25) is 0 Å². The second-order valence-corrected chi connectivity index (χ2v) is 6.48. The quantitative estimate of drug-likeness (QED) is 0.867. The molecule has 0 unspecified atom stereocenters. The van der Waals surface area contributed by atoms with Gasteiger partial charge in [-0.25, -0.2) is 0 Å². The van der Waals surface area contributed by atoms with E-state index in [1.807, 2.05) is 31.2 Å². The molecular formula is C18H18N2O3S. The molecule has 24 heavy (non-hydrogen) atoms. The Morgan fingerprint density at radius 1 is 1.29 bits per heavy atom. The average Bonchev–Trinajstić information content (AvgIpc) is 3.26. The fourth-order valence-electron chi connectivity index (χ4n) is 2.44. The van der Waals surface area contributed by atoms with Gasteiger partial charge in [0.25, 0.3) is 0 Å². The number of para-hydroxylation sites is 1. The number of hydrogen-bond donors (Lipinski definition) is 1. The number of amides is 2. The highest BCUT2D eigenvalue weighted by Crippen LogP contribution is 2.23. The van der Waals surface area contributed by atoms with E-state index in [0.29, 0.717) is 17.4 Å². The van der Waals surface area contributed by atoms with Gasteiger partial charge in [0.15, 0.2) is 0 Å². The van der Waals surface area contributed by atoms with Crippen molar-refractivity contribution in [2.24, 2.45) is 0 Å². The van der Waals surface area contributed by atoms with E-state index in [-0.39, 0.29) is 11.8 Å². The van der Waals surface area contributed by atoms with Gasteiger partial charge in [0.1, 0.15) is 11.8 Å². The third kappa shape index (κ3) is 3.71. The van der Waals surface area contributed by atoms with E-state index in [4.69, 9.17) is 4.42 Å². The van der Waals surface area contributed by atoms with Gasteiger partial charge in [-0.15, -0.1) is 11.8 Å². The molecule has 1 aliphatic heterocycles. The summed E-state index contributed by atoms with van der Waals surface area (Å²) in [5, 5.41) is 2.92. The first kappa shape index (κ1) is 16.4. The molecule has 5 nitrogen and oxygen atoms in total. The number of furan rings is 1. The maximum atomic E-state index is 12.6. The summed E-state index contributed by atoms with van der Waals surface area (Å²) in [5.74, 6) is 1.36. The van der Waals surface area contributed by atoms with Crippen molar-refractivity contribution in [2.75, 3.05) is 16.9 Å². The van der Waals surface area contributed by atoms with Crippen LogP contribution in [0.4, 0.5) is 5.69 Å². The van der Waals surface area contributed by atoms with Crippen molar-refractivity contribution in [2.45, 2.75) is 13.0 Å². The summed E-state index contributed by atoms with van der Waals surface area (Å²) in [6, 6.07) is 10.7. The Balaban J connectivity index is 1.67. The molecule has 124 valence electrons. The van der Waals surface area contributed by atoms with Gasteiger partial charge in [-0.1, -0.05) is 18.2 Å². The molecule has 2 aromatic rings. The van der Waals surface area contributed by atoms with Gasteiger partial charge in [-0.3, -0.25) is 9.59 Å². The molecule has 1 N–H and O–H groups in total. The lowest BCUT2D eigenvalue weighted by molar-refractivity contribution is -0.132. The number of carbonyl (C=O) groups excluding carboxylic acids is 2. The van der Waals surface area contributed by atoms with Crippen molar-refractivity contribution in [1.29, 1.82) is 0 Å². The fourth-order valence-corrected chi connectivity index (χ4v) is 3.61. The summed E-state index contributed by atoms with van der Waals surface area (Å²) < 4.78 is 5.17. The molecule has 0 spiro atoms. The summed E-state index contributed by atoms with van der Waals surface area (Å²) in [6.07, 6.45) is 4.61. The average molecular weight is 342 g/mol. The number of anilines is 1. The fraction of sp³-hybridized carbons (Fsp3) is 0.222. The highest BCUT2D eigenvalue weighted by molar-refractivity contribution is 7.99. The maximum Gasteiger partial charge on any atom is 0.248 e. The minimum atomic E-state index is -0.469. The molecule has 1 saturated heterocycles. The third-order valence-corrected chi connectivity index (χ3v) is 4.82. The van der Waals surface area contributed by atoms with Gasteiger partial charge in [0.2, 0.25) is 11.8 Å². The Morgan fingerprint density at radius 2 is 2.12 bits per heavy atom. The number of rotatable bonds is 4. The molecule has 1 aliphatic rings. The molecule has 6 heteroatoms. The van der Waals surface area contributed by atoms with Gasteiger partial charge < -0.3 is 14.6 Å². The lowest BCUT2D eigenvalue weighted by atomic mass is 10.2. The van der Waals surface area contributed by atoms with Crippen LogP contribution >= 0.6 is 11.8 Å². The van der Waals surface area contributed by atoms with E-state index in [0.717, 1.165) is 11.3 Å². The van der Waals surface area contributed by atoms with Gasteiger partial charge in [0, 0.05) is 17.5 Å². The second kappa shape index (κ2) is 7.40. The molecule has 1 atom stereocenters. The van der Waals surface area contributed by atoms with Crippen molar-refractivity contribution in [1.82, 2.24) is 4.90 Å². The highest BCUT2D eigenvalue weighted by atomic mass is 32.2.